The number of benzene rings is 2. The van der Waals surface area contributed by atoms with Crippen molar-refractivity contribution in [3.05, 3.63) is 63.4 Å². The summed E-state index contributed by atoms with van der Waals surface area (Å²) in [6.45, 7) is 1.87. The molecule has 0 bridgehead atoms. The van der Waals surface area contributed by atoms with Crippen molar-refractivity contribution in [2.75, 3.05) is 4.90 Å². The number of carbonyl (C=O) groups is 2. The summed E-state index contributed by atoms with van der Waals surface area (Å²) < 4.78 is 14.6. The molecule has 1 aliphatic heterocycles. The summed E-state index contributed by atoms with van der Waals surface area (Å²) in [5.74, 6) is -1.56. The lowest BCUT2D eigenvalue weighted by atomic mass is 10.1. The van der Waals surface area contributed by atoms with Crippen molar-refractivity contribution < 1.29 is 14.0 Å². The van der Waals surface area contributed by atoms with E-state index >= 15 is 0 Å². The number of hydrogen-bond donors (Lipinski definition) is 0. The topological polar surface area (TPSA) is 37.4 Å². The molecule has 2 aromatic rings. The van der Waals surface area contributed by atoms with Crippen molar-refractivity contribution in [1.29, 1.82) is 0 Å². The molecule has 0 atom stereocenters. The fourth-order valence-corrected chi connectivity index (χ4v) is 2.84. The van der Waals surface area contributed by atoms with E-state index in [0.717, 1.165) is 5.56 Å². The van der Waals surface area contributed by atoms with Crippen LogP contribution in [0.25, 0.3) is 0 Å². The van der Waals surface area contributed by atoms with Crippen molar-refractivity contribution in [1.82, 2.24) is 0 Å². The SMILES string of the molecule is Cc1cccc2c1N(Cc1ccc(Br)cc1F)C(=O)C2=O. The predicted octanol–water partition coefficient (Wildman–Crippen LogP) is 3.63. The molecule has 0 radical (unpaired) electrons. The Balaban J connectivity index is 2.04. The number of Topliss-reactive ketones (excluding diaryl/α,β-unsaturated/α-hetero) is 1. The molecule has 0 N–H and O–H groups in total. The first kappa shape index (κ1) is 13.9. The normalized spacial score (nSPS) is 13.8. The van der Waals surface area contributed by atoms with Gasteiger partial charge in [0.15, 0.2) is 0 Å². The fourth-order valence-electron chi connectivity index (χ4n) is 2.51. The van der Waals surface area contributed by atoms with Gasteiger partial charge in [-0.05, 0) is 30.7 Å². The highest BCUT2D eigenvalue weighted by Crippen LogP contribution is 2.33. The number of halogens is 2. The highest BCUT2D eigenvalue weighted by Gasteiger charge is 2.36. The molecule has 21 heavy (non-hydrogen) atoms. The number of rotatable bonds is 2. The minimum atomic E-state index is -0.610. The van der Waals surface area contributed by atoms with Gasteiger partial charge in [-0.25, -0.2) is 4.39 Å². The quantitative estimate of drug-likeness (QED) is 0.778. The van der Waals surface area contributed by atoms with E-state index in [2.05, 4.69) is 15.9 Å². The van der Waals surface area contributed by atoms with E-state index < -0.39 is 17.5 Å². The van der Waals surface area contributed by atoms with Gasteiger partial charge in [0.05, 0.1) is 17.8 Å². The van der Waals surface area contributed by atoms with Gasteiger partial charge in [0.1, 0.15) is 5.82 Å². The standard InChI is InChI=1S/C16H11BrFNO2/c1-9-3-2-4-12-14(9)19(16(21)15(12)20)8-10-5-6-11(17)7-13(10)18/h2-7H,8H2,1H3. The maximum Gasteiger partial charge on any atom is 0.299 e. The van der Waals surface area contributed by atoms with Crippen LogP contribution in [0.15, 0.2) is 40.9 Å². The van der Waals surface area contributed by atoms with Crippen molar-refractivity contribution in [2.24, 2.45) is 0 Å². The van der Waals surface area contributed by atoms with Gasteiger partial charge < -0.3 is 0 Å². The molecule has 1 amide bonds. The second kappa shape index (κ2) is 5.07. The van der Waals surface area contributed by atoms with E-state index in [-0.39, 0.29) is 6.54 Å². The third-order valence-corrected chi connectivity index (χ3v) is 4.03. The minimum Gasteiger partial charge on any atom is -0.300 e. The van der Waals surface area contributed by atoms with Crippen molar-refractivity contribution >= 4 is 33.3 Å². The molecule has 0 spiro atoms. The van der Waals surface area contributed by atoms with Crippen molar-refractivity contribution in [2.45, 2.75) is 13.5 Å². The van der Waals surface area contributed by atoms with Crippen LogP contribution in [0.4, 0.5) is 10.1 Å². The molecule has 0 aliphatic carbocycles. The number of amides is 1. The van der Waals surface area contributed by atoms with E-state index in [0.29, 0.717) is 21.3 Å². The smallest absolute Gasteiger partial charge is 0.299 e. The van der Waals surface area contributed by atoms with Crippen LogP contribution in [0.2, 0.25) is 0 Å². The van der Waals surface area contributed by atoms with E-state index in [1.54, 1.807) is 24.3 Å². The van der Waals surface area contributed by atoms with E-state index in [4.69, 9.17) is 0 Å². The Kier molecular flexibility index (Phi) is 3.37. The van der Waals surface area contributed by atoms with Crippen molar-refractivity contribution in [3.63, 3.8) is 0 Å². The largest absolute Gasteiger partial charge is 0.300 e. The first-order valence-corrected chi connectivity index (χ1v) is 7.18. The Morgan fingerprint density at radius 1 is 1.19 bits per heavy atom. The van der Waals surface area contributed by atoms with E-state index in [1.807, 2.05) is 13.0 Å². The van der Waals surface area contributed by atoms with Crippen LogP contribution in [0.5, 0.6) is 0 Å². The Hall–Kier alpha value is -2.01. The van der Waals surface area contributed by atoms with Gasteiger partial charge in [-0.3, -0.25) is 14.5 Å². The van der Waals surface area contributed by atoms with Gasteiger partial charge in [0, 0.05) is 10.0 Å². The molecule has 1 aliphatic rings. The summed E-state index contributed by atoms with van der Waals surface area (Å²) in [5, 5.41) is 0. The molecule has 0 saturated heterocycles. The van der Waals surface area contributed by atoms with Crippen LogP contribution in [-0.4, -0.2) is 11.7 Å². The Morgan fingerprint density at radius 2 is 1.95 bits per heavy atom. The molecule has 0 fully saturated rings. The summed E-state index contributed by atoms with van der Waals surface area (Å²) in [4.78, 5) is 25.5. The van der Waals surface area contributed by atoms with Crippen LogP contribution in [0.1, 0.15) is 21.5 Å². The van der Waals surface area contributed by atoms with E-state index in [1.165, 1.54) is 11.0 Å². The van der Waals surface area contributed by atoms with Gasteiger partial charge in [-0.1, -0.05) is 34.1 Å². The number of fused-ring (bicyclic) bond motifs is 1. The molecule has 3 nitrogen and oxygen atoms in total. The molecule has 0 unspecified atom stereocenters. The molecular weight excluding hydrogens is 337 g/mol. The highest BCUT2D eigenvalue weighted by atomic mass is 79.9. The fraction of sp³-hybridized carbons (Fsp3) is 0.125. The second-order valence-electron chi connectivity index (χ2n) is 4.93. The lowest BCUT2D eigenvalue weighted by Crippen LogP contribution is -2.29. The third kappa shape index (κ3) is 2.27. The number of anilines is 1. The molecule has 106 valence electrons. The molecule has 1 heterocycles. The molecular formula is C16H11BrFNO2. The summed E-state index contributed by atoms with van der Waals surface area (Å²) in [6.07, 6.45) is 0. The average Bonchev–Trinajstić information content (AvgIpc) is 2.68. The maximum absolute atomic E-state index is 14.0. The summed E-state index contributed by atoms with van der Waals surface area (Å²) >= 11 is 3.19. The Labute approximate surface area is 129 Å². The van der Waals surface area contributed by atoms with Crippen LogP contribution in [0.3, 0.4) is 0 Å². The van der Waals surface area contributed by atoms with Crippen LogP contribution >= 0.6 is 15.9 Å². The highest BCUT2D eigenvalue weighted by molar-refractivity contribution is 9.10. The lowest BCUT2D eigenvalue weighted by Gasteiger charge is -2.19. The first-order chi connectivity index (χ1) is 9.99. The monoisotopic (exact) mass is 347 g/mol. The van der Waals surface area contributed by atoms with Crippen molar-refractivity contribution in [3.8, 4) is 0 Å². The van der Waals surface area contributed by atoms with E-state index in [9.17, 15) is 14.0 Å². The lowest BCUT2D eigenvalue weighted by molar-refractivity contribution is -0.114. The number of para-hydroxylation sites is 1. The van der Waals surface area contributed by atoms with Gasteiger partial charge in [-0.15, -0.1) is 0 Å². The molecule has 5 heteroatoms. The summed E-state index contributed by atoms with van der Waals surface area (Å²) in [6, 6.07) is 9.85. The number of nitrogens with zero attached hydrogens (tertiary/aromatic N) is 1. The molecule has 0 saturated carbocycles. The maximum atomic E-state index is 14.0. The van der Waals surface area contributed by atoms with Crippen LogP contribution in [0, 0.1) is 12.7 Å². The number of ketones is 1. The average molecular weight is 348 g/mol. The zero-order valence-corrected chi connectivity index (χ0v) is 12.8. The summed E-state index contributed by atoms with van der Waals surface area (Å²) in [7, 11) is 0. The number of aryl methyl sites for hydroxylation is 1. The zero-order chi connectivity index (χ0) is 15.1. The van der Waals surface area contributed by atoms with Gasteiger partial charge in [0.2, 0.25) is 0 Å². The molecule has 0 aromatic heterocycles. The zero-order valence-electron chi connectivity index (χ0n) is 11.2. The third-order valence-electron chi connectivity index (χ3n) is 3.54. The van der Waals surface area contributed by atoms with Gasteiger partial charge >= 0.3 is 0 Å². The van der Waals surface area contributed by atoms with Crippen LogP contribution in [-0.2, 0) is 11.3 Å². The predicted molar refractivity (Wildman–Crippen MR) is 80.8 cm³/mol. The first-order valence-electron chi connectivity index (χ1n) is 6.39. The molecule has 3 rings (SSSR count). The van der Waals surface area contributed by atoms with Crippen LogP contribution < -0.4 is 4.90 Å². The number of hydrogen-bond acceptors (Lipinski definition) is 2. The second-order valence-corrected chi connectivity index (χ2v) is 5.84. The van der Waals surface area contributed by atoms with Gasteiger partial charge in [0.25, 0.3) is 11.7 Å². The number of carbonyl (C=O) groups excluding carboxylic acids is 2. The van der Waals surface area contributed by atoms with Gasteiger partial charge in [-0.2, -0.15) is 0 Å². The minimum absolute atomic E-state index is 0.0432. The summed E-state index contributed by atoms with van der Waals surface area (Å²) in [5.41, 5.74) is 2.16. The molecule has 2 aromatic carbocycles. The Bertz CT molecular complexity index is 773. The Morgan fingerprint density at radius 3 is 2.67 bits per heavy atom.